The van der Waals surface area contributed by atoms with Crippen molar-refractivity contribution in [1.82, 2.24) is 9.88 Å². The van der Waals surface area contributed by atoms with E-state index in [2.05, 4.69) is 16.4 Å². The largest absolute Gasteiger partial charge is 0.436 e. The lowest BCUT2D eigenvalue weighted by Crippen LogP contribution is -2.37. The number of pyridine rings is 1. The topological polar surface area (TPSA) is 78.2 Å². The number of ether oxygens (including phenoxy) is 1. The van der Waals surface area contributed by atoms with Gasteiger partial charge in [-0.2, -0.15) is 5.26 Å². The molecular weight excluding hydrogens is 316 g/mol. The number of amides is 1. The molecule has 1 aromatic carbocycles. The second-order valence-electron chi connectivity index (χ2n) is 6.18. The van der Waals surface area contributed by atoms with Gasteiger partial charge in [-0.15, -0.1) is 0 Å². The number of likely N-dealkylation sites (tertiary alicyclic amines) is 1. The number of hydrogen-bond acceptors (Lipinski definition) is 5. The molecule has 2 aromatic rings. The van der Waals surface area contributed by atoms with Crippen LogP contribution >= 0.6 is 0 Å². The van der Waals surface area contributed by atoms with Gasteiger partial charge in [-0.05, 0) is 44.5 Å². The molecule has 1 aliphatic rings. The molecule has 2 heterocycles. The lowest BCUT2D eigenvalue weighted by Gasteiger charge is -2.22. The molecule has 25 heavy (non-hydrogen) atoms. The van der Waals surface area contributed by atoms with Crippen LogP contribution in [0.5, 0.6) is 11.6 Å². The van der Waals surface area contributed by atoms with Crippen LogP contribution in [0.1, 0.15) is 25.8 Å². The van der Waals surface area contributed by atoms with Crippen molar-refractivity contribution in [2.45, 2.75) is 32.4 Å². The summed E-state index contributed by atoms with van der Waals surface area (Å²) < 4.78 is 5.83. The summed E-state index contributed by atoms with van der Waals surface area (Å²) in [6.07, 6.45) is 2.33. The Bertz CT molecular complexity index is 813. The first-order valence-electron chi connectivity index (χ1n) is 8.29. The summed E-state index contributed by atoms with van der Waals surface area (Å²) in [6, 6.07) is 12.7. The van der Waals surface area contributed by atoms with Crippen molar-refractivity contribution in [2.24, 2.45) is 0 Å². The normalized spacial score (nSPS) is 16.8. The minimum atomic E-state index is -0.272. The van der Waals surface area contributed by atoms with Gasteiger partial charge >= 0.3 is 0 Å². The molecule has 1 aromatic heterocycles. The van der Waals surface area contributed by atoms with Crippen LogP contribution in [0.4, 0.5) is 5.69 Å². The first-order valence-corrected chi connectivity index (χ1v) is 8.29. The maximum atomic E-state index is 12.5. The summed E-state index contributed by atoms with van der Waals surface area (Å²) in [4.78, 5) is 18.5. The summed E-state index contributed by atoms with van der Waals surface area (Å²) in [5.74, 6) is 0.884. The molecule has 1 fully saturated rings. The number of para-hydroxylation sites is 2. The fourth-order valence-electron chi connectivity index (χ4n) is 2.87. The highest BCUT2D eigenvalue weighted by Crippen LogP contribution is 2.31. The summed E-state index contributed by atoms with van der Waals surface area (Å²) in [5.41, 5.74) is 1.07. The van der Waals surface area contributed by atoms with Crippen molar-refractivity contribution in [3.05, 3.63) is 48.2 Å². The Morgan fingerprint density at radius 2 is 2.12 bits per heavy atom. The van der Waals surface area contributed by atoms with Gasteiger partial charge in [-0.3, -0.25) is 4.79 Å². The van der Waals surface area contributed by atoms with Gasteiger partial charge in [-0.25, -0.2) is 4.98 Å². The predicted molar refractivity (Wildman–Crippen MR) is 94.3 cm³/mol. The van der Waals surface area contributed by atoms with E-state index in [1.165, 1.54) is 0 Å². The third kappa shape index (κ3) is 3.56. The molecule has 0 unspecified atom stereocenters. The maximum Gasteiger partial charge on any atom is 0.245 e. The van der Waals surface area contributed by atoms with E-state index in [0.29, 0.717) is 17.0 Å². The molecule has 0 saturated carbocycles. The Morgan fingerprint density at radius 3 is 2.84 bits per heavy atom. The van der Waals surface area contributed by atoms with Crippen LogP contribution in [0.25, 0.3) is 0 Å². The highest BCUT2D eigenvalue weighted by molar-refractivity contribution is 5.87. The third-order valence-corrected chi connectivity index (χ3v) is 4.18. The molecule has 1 N–H and O–H groups in total. The Kier molecular flexibility index (Phi) is 4.85. The lowest BCUT2D eigenvalue weighted by atomic mass is 10.2. The number of aromatic nitrogens is 1. The summed E-state index contributed by atoms with van der Waals surface area (Å²) in [6.45, 7) is 4.78. The summed E-state index contributed by atoms with van der Waals surface area (Å²) >= 11 is 0. The Labute approximate surface area is 147 Å². The molecule has 3 rings (SSSR count). The average Bonchev–Trinajstić information content (AvgIpc) is 2.98. The number of anilines is 1. The number of nitrogens with one attached hydrogen (secondary N) is 1. The zero-order valence-corrected chi connectivity index (χ0v) is 14.3. The van der Waals surface area contributed by atoms with Crippen molar-refractivity contribution in [3.8, 4) is 17.7 Å². The minimum absolute atomic E-state index is 0.0975. The average molecular weight is 336 g/mol. The van der Waals surface area contributed by atoms with E-state index in [9.17, 15) is 10.1 Å². The fourth-order valence-corrected chi connectivity index (χ4v) is 2.87. The Morgan fingerprint density at radius 1 is 1.32 bits per heavy atom. The zero-order valence-electron chi connectivity index (χ0n) is 14.3. The molecule has 1 aliphatic heterocycles. The van der Waals surface area contributed by atoms with Crippen LogP contribution < -0.4 is 10.1 Å². The highest BCUT2D eigenvalue weighted by atomic mass is 16.5. The number of nitrogens with zero attached hydrogens (tertiary/aromatic N) is 3. The second-order valence-corrected chi connectivity index (χ2v) is 6.18. The molecule has 0 aliphatic carbocycles. The molecule has 0 radical (unpaired) electrons. The molecule has 6 nitrogen and oxygen atoms in total. The molecular formula is C19H20N4O2. The van der Waals surface area contributed by atoms with Gasteiger partial charge in [0, 0.05) is 18.8 Å². The number of carbonyl (C=O) groups excluding carboxylic acids is 1. The lowest BCUT2D eigenvalue weighted by molar-refractivity contribution is -0.129. The van der Waals surface area contributed by atoms with Gasteiger partial charge in [0.15, 0.2) is 5.75 Å². The van der Waals surface area contributed by atoms with Crippen molar-refractivity contribution < 1.29 is 9.53 Å². The molecule has 1 saturated heterocycles. The standard InChI is InChI=1S/C19H20N4O2/c1-13(2)23-11-9-16(19(23)24)22-15-7-3-4-8-17(15)25-18-14(12-20)6-5-10-21-18/h3-8,10,13,16,22H,9,11H2,1-2H3/t16-/m0/s1. The van der Waals surface area contributed by atoms with E-state index in [4.69, 9.17) is 4.74 Å². The minimum Gasteiger partial charge on any atom is -0.436 e. The van der Waals surface area contributed by atoms with Crippen LogP contribution in [0.2, 0.25) is 0 Å². The Balaban J connectivity index is 1.80. The SMILES string of the molecule is CC(C)N1CC[C@H](Nc2ccccc2Oc2ncccc2C#N)C1=O. The molecule has 128 valence electrons. The van der Waals surface area contributed by atoms with Gasteiger partial charge in [0.25, 0.3) is 0 Å². The number of benzene rings is 1. The van der Waals surface area contributed by atoms with E-state index in [1.807, 2.05) is 36.9 Å². The van der Waals surface area contributed by atoms with Crippen molar-refractivity contribution in [2.75, 3.05) is 11.9 Å². The molecule has 6 heteroatoms. The van der Waals surface area contributed by atoms with E-state index >= 15 is 0 Å². The van der Waals surface area contributed by atoms with Crippen LogP contribution in [0.3, 0.4) is 0 Å². The van der Waals surface area contributed by atoms with Crippen molar-refractivity contribution in [1.29, 1.82) is 5.26 Å². The van der Waals surface area contributed by atoms with Crippen molar-refractivity contribution >= 4 is 11.6 Å². The van der Waals surface area contributed by atoms with Crippen LogP contribution in [0, 0.1) is 11.3 Å². The van der Waals surface area contributed by atoms with Crippen molar-refractivity contribution in [3.63, 3.8) is 0 Å². The highest BCUT2D eigenvalue weighted by Gasteiger charge is 2.33. The van der Waals surface area contributed by atoms with Gasteiger partial charge in [-0.1, -0.05) is 12.1 Å². The van der Waals surface area contributed by atoms with E-state index in [0.717, 1.165) is 13.0 Å². The molecule has 1 amide bonds. The molecule has 1 atom stereocenters. The van der Waals surface area contributed by atoms with Crippen LogP contribution in [-0.2, 0) is 4.79 Å². The number of nitriles is 1. The second kappa shape index (κ2) is 7.22. The first kappa shape index (κ1) is 16.8. The van der Waals surface area contributed by atoms with E-state index in [-0.39, 0.29) is 23.9 Å². The molecule has 0 spiro atoms. The van der Waals surface area contributed by atoms with E-state index in [1.54, 1.807) is 24.4 Å². The maximum absolute atomic E-state index is 12.5. The van der Waals surface area contributed by atoms with Crippen LogP contribution in [0.15, 0.2) is 42.6 Å². The zero-order chi connectivity index (χ0) is 17.8. The number of rotatable bonds is 5. The fraction of sp³-hybridized carbons (Fsp3) is 0.316. The summed E-state index contributed by atoms with van der Waals surface area (Å²) in [5, 5.41) is 12.5. The quantitative estimate of drug-likeness (QED) is 0.907. The smallest absolute Gasteiger partial charge is 0.245 e. The van der Waals surface area contributed by atoms with Gasteiger partial charge < -0.3 is 15.0 Å². The van der Waals surface area contributed by atoms with Crippen LogP contribution in [-0.4, -0.2) is 34.4 Å². The monoisotopic (exact) mass is 336 g/mol. The van der Waals surface area contributed by atoms with Gasteiger partial charge in [0.1, 0.15) is 17.7 Å². The third-order valence-electron chi connectivity index (χ3n) is 4.18. The van der Waals surface area contributed by atoms with Gasteiger partial charge in [0.05, 0.1) is 5.69 Å². The van der Waals surface area contributed by atoms with E-state index < -0.39 is 0 Å². The molecule has 0 bridgehead atoms. The Hall–Kier alpha value is -3.07. The summed E-state index contributed by atoms with van der Waals surface area (Å²) in [7, 11) is 0. The first-order chi connectivity index (χ1) is 12.1. The van der Waals surface area contributed by atoms with Gasteiger partial charge in [0.2, 0.25) is 11.8 Å². The predicted octanol–water partition coefficient (Wildman–Crippen LogP) is 3.17. The number of carbonyl (C=O) groups is 1. The number of hydrogen-bond donors (Lipinski definition) is 1.